The van der Waals surface area contributed by atoms with E-state index in [1.807, 2.05) is 13.8 Å². The molecule has 1 aliphatic carbocycles. The number of methoxy groups -OCH3 is 1. The topological polar surface area (TPSA) is 74.3 Å². The Kier molecular flexibility index (Phi) is 4.17. The van der Waals surface area contributed by atoms with Crippen molar-refractivity contribution in [2.45, 2.75) is 64.1 Å². The van der Waals surface area contributed by atoms with E-state index in [9.17, 15) is 9.59 Å². The van der Waals surface area contributed by atoms with Gasteiger partial charge in [-0.2, -0.15) is 0 Å². The van der Waals surface area contributed by atoms with Crippen LogP contribution >= 0.6 is 0 Å². The molecule has 7 atom stereocenters. The van der Waals surface area contributed by atoms with Crippen molar-refractivity contribution in [3.05, 3.63) is 12.3 Å². The second kappa shape index (κ2) is 6.04. The van der Waals surface area contributed by atoms with Gasteiger partial charge in [-0.3, -0.25) is 9.69 Å². The van der Waals surface area contributed by atoms with E-state index in [4.69, 9.17) is 14.5 Å². The van der Waals surface area contributed by atoms with Crippen LogP contribution in [0.2, 0.25) is 0 Å². The van der Waals surface area contributed by atoms with Crippen LogP contribution in [0.25, 0.3) is 0 Å². The number of carbonyl (C=O) groups excluding carboxylic acids is 2. The van der Waals surface area contributed by atoms with E-state index in [0.717, 1.165) is 19.3 Å². The Morgan fingerprint density at radius 3 is 2.73 bits per heavy atom. The van der Waals surface area contributed by atoms with Gasteiger partial charge in [-0.1, -0.05) is 13.8 Å². The summed E-state index contributed by atoms with van der Waals surface area (Å²) >= 11 is 0. The van der Waals surface area contributed by atoms with Gasteiger partial charge < -0.3 is 9.47 Å². The summed E-state index contributed by atoms with van der Waals surface area (Å²) in [5.74, 6) is -0.978. The quantitative estimate of drug-likeness (QED) is 0.425. The molecule has 1 saturated carbocycles. The zero-order chi connectivity index (χ0) is 18.7. The summed E-state index contributed by atoms with van der Waals surface area (Å²) in [4.78, 5) is 38.1. The number of carbonyl (C=O) groups is 2. The predicted molar refractivity (Wildman–Crippen MR) is 90.0 cm³/mol. The molecule has 3 unspecified atom stereocenters. The van der Waals surface area contributed by atoms with Gasteiger partial charge in [-0.25, -0.2) is 14.6 Å². The number of piperidine rings is 1. The average Bonchev–Trinajstić information content (AvgIpc) is 2.86. The molecule has 0 aromatic carbocycles. The number of fused-ring (bicyclic) bond motifs is 2. The summed E-state index contributed by atoms with van der Waals surface area (Å²) in [6, 6.07) is 0. The summed E-state index contributed by atoms with van der Waals surface area (Å²) in [6.07, 6.45) is 5.74. The van der Waals surface area contributed by atoms with Crippen LogP contribution in [0.15, 0.2) is 12.3 Å². The maximum Gasteiger partial charge on any atom is 0.331 e. The lowest BCUT2D eigenvalue weighted by Gasteiger charge is -2.61. The summed E-state index contributed by atoms with van der Waals surface area (Å²) in [5.41, 5.74) is -0.707. The zero-order valence-electron chi connectivity index (χ0n) is 15.8. The van der Waals surface area contributed by atoms with Gasteiger partial charge in [0.15, 0.2) is 11.8 Å². The highest BCUT2D eigenvalue weighted by atomic mass is 17.3. The van der Waals surface area contributed by atoms with Crippen molar-refractivity contribution in [3.8, 4) is 0 Å². The molecule has 4 saturated heterocycles. The van der Waals surface area contributed by atoms with Gasteiger partial charge in [0.25, 0.3) is 0 Å². The van der Waals surface area contributed by atoms with Crippen LogP contribution in [-0.2, 0) is 28.8 Å². The van der Waals surface area contributed by atoms with Gasteiger partial charge in [0.2, 0.25) is 11.7 Å². The molecule has 0 aromatic heterocycles. The van der Waals surface area contributed by atoms with Gasteiger partial charge >= 0.3 is 5.97 Å². The van der Waals surface area contributed by atoms with Crippen LogP contribution in [0.4, 0.5) is 0 Å². The lowest BCUT2D eigenvalue weighted by Crippen LogP contribution is -2.74. The van der Waals surface area contributed by atoms with E-state index < -0.39 is 23.6 Å². The summed E-state index contributed by atoms with van der Waals surface area (Å²) < 4.78 is 11.0. The second-order valence-corrected chi connectivity index (χ2v) is 8.30. The molecule has 1 amide bonds. The van der Waals surface area contributed by atoms with Crippen molar-refractivity contribution in [2.24, 2.45) is 23.7 Å². The smallest absolute Gasteiger partial charge is 0.331 e. The molecule has 5 fully saturated rings. The number of rotatable bonds is 2. The van der Waals surface area contributed by atoms with Crippen LogP contribution in [-0.4, -0.2) is 41.5 Å². The van der Waals surface area contributed by atoms with Crippen molar-refractivity contribution < 1.29 is 28.8 Å². The van der Waals surface area contributed by atoms with E-state index >= 15 is 0 Å². The molecule has 144 valence electrons. The highest BCUT2D eigenvalue weighted by Gasteiger charge is 2.70. The lowest BCUT2D eigenvalue weighted by molar-refractivity contribution is -0.546. The van der Waals surface area contributed by atoms with Gasteiger partial charge in [-0.15, -0.1) is 0 Å². The van der Waals surface area contributed by atoms with Crippen LogP contribution in [0.1, 0.15) is 46.5 Å². The highest BCUT2D eigenvalue weighted by molar-refractivity contribution is 5.85. The standard InChI is InChI=1S/C19H27NO6/c1-11-5-6-14-12(2)16(22)20(10-8-15(21)23-4)17-19(14)13(11)7-9-18(3,24-17)25-26-19/h8,10-14,17H,5-7,9H2,1-4H3/b10-8+/t11-,12-,13?,14?,17-,18?,19-/m1/s1. The van der Waals surface area contributed by atoms with Crippen molar-refractivity contribution in [1.82, 2.24) is 4.90 Å². The first-order valence-corrected chi connectivity index (χ1v) is 9.45. The van der Waals surface area contributed by atoms with Crippen molar-refractivity contribution in [1.29, 1.82) is 0 Å². The molecular weight excluding hydrogens is 338 g/mol. The number of nitrogens with zero attached hydrogens (tertiary/aromatic N) is 1. The third-order valence-electron chi connectivity index (χ3n) is 6.87. The fourth-order valence-electron chi connectivity index (χ4n) is 5.46. The highest BCUT2D eigenvalue weighted by Crippen LogP contribution is 2.60. The molecule has 0 aromatic rings. The van der Waals surface area contributed by atoms with Crippen LogP contribution in [0.3, 0.4) is 0 Å². The van der Waals surface area contributed by atoms with Gasteiger partial charge in [0.1, 0.15) is 0 Å². The molecule has 2 bridgehead atoms. The first kappa shape index (κ1) is 17.9. The number of likely N-dealkylation sites (tertiary alicyclic amines) is 1. The molecule has 4 heterocycles. The molecule has 0 N–H and O–H groups in total. The fourth-order valence-corrected chi connectivity index (χ4v) is 5.46. The Labute approximate surface area is 153 Å². The van der Waals surface area contributed by atoms with E-state index in [-0.39, 0.29) is 23.7 Å². The zero-order valence-corrected chi connectivity index (χ0v) is 15.8. The Morgan fingerprint density at radius 1 is 1.23 bits per heavy atom. The van der Waals surface area contributed by atoms with E-state index in [1.54, 1.807) is 0 Å². The molecule has 4 aliphatic heterocycles. The molecule has 5 aliphatic rings. The Bertz CT molecular complexity index is 650. The number of hydrogen-bond acceptors (Lipinski definition) is 6. The number of hydrogen-bond donors (Lipinski definition) is 0. The Balaban J connectivity index is 1.81. The summed E-state index contributed by atoms with van der Waals surface area (Å²) in [5, 5.41) is 0. The fraction of sp³-hybridized carbons (Fsp3) is 0.789. The minimum absolute atomic E-state index is 0.0339. The summed E-state index contributed by atoms with van der Waals surface area (Å²) in [6.45, 7) is 6.03. The molecule has 7 nitrogen and oxygen atoms in total. The van der Waals surface area contributed by atoms with E-state index in [2.05, 4.69) is 11.7 Å². The number of esters is 1. The molecule has 7 heteroatoms. The predicted octanol–water partition coefficient (Wildman–Crippen LogP) is 2.37. The number of amides is 1. The van der Waals surface area contributed by atoms with Crippen LogP contribution in [0, 0.1) is 23.7 Å². The average molecular weight is 365 g/mol. The SMILES string of the molecule is COC(=O)/C=C/N1C(=O)[C@H](C)C2CC[C@@H](C)C3CCC4(C)OO[C@]32[C@H]1O4. The second-order valence-electron chi connectivity index (χ2n) is 8.30. The molecule has 0 radical (unpaired) electrons. The maximum absolute atomic E-state index is 13.1. The molecule has 5 rings (SSSR count). The van der Waals surface area contributed by atoms with Crippen molar-refractivity contribution in [3.63, 3.8) is 0 Å². The lowest BCUT2D eigenvalue weighted by atomic mass is 9.57. The first-order valence-electron chi connectivity index (χ1n) is 9.45. The minimum Gasteiger partial charge on any atom is -0.466 e. The van der Waals surface area contributed by atoms with Gasteiger partial charge in [0, 0.05) is 30.5 Å². The van der Waals surface area contributed by atoms with Gasteiger partial charge in [-0.05, 0) is 38.0 Å². The Morgan fingerprint density at radius 2 is 2.00 bits per heavy atom. The normalized spacial score (nSPS) is 47.6. The number of ether oxygens (including phenoxy) is 2. The molecule has 26 heavy (non-hydrogen) atoms. The van der Waals surface area contributed by atoms with Gasteiger partial charge in [0.05, 0.1) is 7.11 Å². The third kappa shape index (κ3) is 2.37. The van der Waals surface area contributed by atoms with E-state index in [0.29, 0.717) is 12.3 Å². The monoisotopic (exact) mass is 365 g/mol. The van der Waals surface area contributed by atoms with Crippen molar-refractivity contribution in [2.75, 3.05) is 7.11 Å². The largest absolute Gasteiger partial charge is 0.466 e. The minimum atomic E-state index is -0.893. The molecule has 1 spiro atoms. The van der Waals surface area contributed by atoms with Crippen LogP contribution < -0.4 is 0 Å². The summed E-state index contributed by atoms with van der Waals surface area (Å²) in [7, 11) is 1.31. The van der Waals surface area contributed by atoms with Crippen LogP contribution in [0.5, 0.6) is 0 Å². The first-order chi connectivity index (χ1) is 12.3. The maximum atomic E-state index is 13.1. The van der Waals surface area contributed by atoms with Crippen molar-refractivity contribution >= 4 is 11.9 Å². The van der Waals surface area contributed by atoms with E-state index in [1.165, 1.54) is 24.3 Å². The third-order valence-corrected chi connectivity index (χ3v) is 6.87. The Hall–Kier alpha value is -1.44. The molecular formula is C19H27NO6.